The Balaban J connectivity index is 1.45. The first-order valence-corrected chi connectivity index (χ1v) is 10.6. The Kier molecular flexibility index (Phi) is 7.66. The molecular weight excluding hydrogens is 379 g/mol. The van der Waals surface area contributed by atoms with E-state index in [0.29, 0.717) is 19.3 Å². The summed E-state index contributed by atoms with van der Waals surface area (Å²) in [6.07, 6.45) is 3.21. The topological polar surface area (TPSA) is 116 Å². The molecule has 1 aliphatic rings. The van der Waals surface area contributed by atoms with Crippen molar-refractivity contribution in [2.24, 2.45) is 11.7 Å². The van der Waals surface area contributed by atoms with Crippen molar-refractivity contribution in [1.29, 1.82) is 0 Å². The lowest BCUT2D eigenvalue weighted by atomic mass is 9.66. The van der Waals surface area contributed by atoms with Gasteiger partial charge in [-0.15, -0.1) is 0 Å². The average Bonchev–Trinajstić information content (AvgIpc) is 2.71. The Morgan fingerprint density at radius 1 is 1.03 bits per heavy atom. The van der Waals surface area contributed by atoms with Crippen LogP contribution in [0.3, 0.4) is 0 Å². The fourth-order valence-electron chi connectivity index (χ4n) is 4.14. The van der Waals surface area contributed by atoms with Crippen LogP contribution in [0.15, 0.2) is 54.6 Å². The molecule has 2 aromatic rings. The van der Waals surface area contributed by atoms with E-state index in [-0.39, 0.29) is 18.3 Å². The zero-order valence-corrected chi connectivity index (χ0v) is 17.2. The van der Waals surface area contributed by atoms with Crippen LogP contribution in [0.4, 0.5) is 0 Å². The predicted octanol–water partition coefficient (Wildman–Crippen LogP) is 2.65. The summed E-state index contributed by atoms with van der Waals surface area (Å²) >= 11 is 0. The molecule has 0 radical (unpaired) electrons. The molecule has 1 unspecified atom stereocenters. The van der Waals surface area contributed by atoms with Crippen LogP contribution >= 0.6 is 0 Å². The fraction of sp³-hybridized carbons (Fsp3) is 0.435. The number of aliphatic carboxylic acids is 1. The van der Waals surface area contributed by atoms with Crippen LogP contribution in [0.2, 0.25) is 6.32 Å². The molecule has 0 saturated heterocycles. The molecule has 1 saturated carbocycles. The fourth-order valence-corrected chi connectivity index (χ4v) is 4.14. The number of rotatable bonds is 11. The zero-order chi connectivity index (χ0) is 21.6. The highest BCUT2D eigenvalue weighted by atomic mass is 16.4. The Labute approximate surface area is 178 Å². The van der Waals surface area contributed by atoms with Gasteiger partial charge in [-0.1, -0.05) is 67.4 Å². The lowest BCUT2D eigenvalue weighted by Crippen LogP contribution is -2.61. The molecule has 0 heterocycles. The SMILES string of the molecule is NC(CCCCB(O)O)(C(=O)O)C1CC(NCc2ccc(-c3ccccc3)cc2)C1. The standard InChI is InChI=1S/C23H31BN2O4/c25-23(22(27)28,12-4-5-13-24(29)30)20-14-21(15-20)26-16-17-8-10-19(11-9-17)18-6-2-1-3-7-18/h1-3,6-11,20-21,26,29-30H,4-5,12-16,25H2,(H,27,28). The highest BCUT2D eigenvalue weighted by molar-refractivity contribution is 6.40. The molecule has 0 aromatic heterocycles. The van der Waals surface area contributed by atoms with Crippen molar-refractivity contribution in [3.63, 3.8) is 0 Å². The number of nitrogens with one attached hydrogen (secondary N) is 1. The van der Waals surface area contributed by atoms with Crippen LogP contribution < -0.4 is 11.1 Å². The quantitative estimate of drug-likeness (QED) is 0.287. The minimum atomic E-state index is -1.35. The molecule has 1 fully saturated rings. The van der Waals surface area contributed by atoms with Gasteiger partial charge < -0.3 is 26.2 Å². The van der Waals surface area contributed by atoms with Gasteiger partial charge in [0.1, 0.15) is 5.54 Å². The molecule has 7 heteroatoms. The summed E-state index contributed by atoms with van der Waals surface area (Å²) in [5.74, 6) is -1.03. The van der Waals surface area contributed by atoms with Gasteiger partial charge in [-0.3, -0.25) is 4.79 Å². The highest BCUT2D eigenvalue weighted by Gasteiger charge is 2.47. The molecule has 1 aliphatic carbocycles. The van der Waals surface area contributed by atoms with E-state index in [9.17, 15) is 9.90 Å². The first-order chi connectivity index (χ1) is 14.4. The monoisotopic (exact) mass is 410 g/mol. The van der Waals surface area contributed by atoms with Crippen molar-refractivity contribution in [1.82, 2.24) is 5.32 Å². The predicted molar refractivity (Wildman–Crippen MR) is 119 cm³/mol. The Morgan fingerprint density at radius 2 is 1.67 bits per heavy atom. The van der Waals surface area contributed by atoms with Crippen LogP contribution in [0, 0.1) is 5.92 Å². The van der Waals surface area contributed by atoms with E-state index in [1.54, 1.807) is 0 Å². The normalized spacial score (nSPS) is 20.2. The smallest absolute Gasteiger partial charge is 0.451 e. The average molecular weight is 410 g/mol. The van der Waals surface area contributed by atoms with Gasteiger partial charge in [0, 0.05) is 12.6 Å². The molecule has 0 spiro atoms. The van der Waals surface area contributed by atoms with Gasteiger partial charge in [0.15, 0.2) is 0 Å². The maximum absolute atomic E-state index is 11.8. The minimum absolute atomic E-state index is 0.0630. The molecule has 0 bridgehead atoms. The Morgan fingerprint density at radius 3 is 2.27 bits per heavy atom. The van der Waals surface area contributed by atoms with E-state index in [2.05, 4.69) is 41.7 Å². The molecule has 0 amide bonds. The lowest BCUT2D eigenvalue weighted by molar-refractivity contribution is -0.148. The summed E-state index contributed by atoms with van der Waals surface area (Å²) in [6.45, 7) is 0.742. The van der Waals surface area contributed by atoms with Gasteiger partial charge in [-0.05, 0) is 48.2 Å². The van der Waals surface area contributed by atoms with Gasteiger partial charge in [0.25, 0.3) is 0 Å². The van der Waals surface area contributed by atoms with Gasteiger partial charge in [-0.25, -0.2) is 0 Å². The molecule has 160 valence electrons. The number of carboxylic acid groups (broad SMARTS) is 1. The Hall–Kier alpha value is -2.19. The van der Waals surface area contributed by atoms with Crippen molar-refractivity contribution < 1.29 is 19.9 Å². The van der Waals surface area contributed by atoms with Gasteiger partial charge in [-0.2, -0.15) is 0 Å². The van der Waals surface area contributed by atoms with Crippen LogP contribution in [0.5, 0.6) is 0 Å². The second-order valence-electron chi connectivity index (χ2n) is 8.38. The molecule has 0 aliphatic heterocycles. The van der Waals surface area contributed by atoms with E-state index >= 15 is 0 Å². The third-order valence-electron chi connectivity index (χ3n) is 6.22. The molecule has 6 N–H and O–H groups in total. The number of carboxylic acids is 1. The number of benzene rings is 2. The van der Waals surface area contributed by atoms with Crippen molar-refractivity contribution in [3.8, 4) is 11.1 Å². The van der Waals surface area contributed by atoms with Crippen LogP contribution in [-0.2, 0) is 11.3 Å². The van der Waals surface area contributed by atoms with Crippen LogP contribution in [-0.4, -0.2) is 39.8 Å². The van der Waals surface area contributed by atoms with Crippen molar-refractivity contribution in [3.05, 3.63) is 60.2 Å². The number of hydrogen-bond donors (Lipinski definition) is 5. The molecular formula is C23H31BN2O4. The van der Waals surface area contributed by atoms with E-state index in [4.69, 9.17) is 15.8 Å². The second kappa shape index (κ2) is 10.2. The maximum Gasteiger partial charge on any atom is 0.451 e. The zero-order valence-electron chi connectivity index (χ0n) is 17.2. The first-order valence-electron chi connectivity index (χ1n) is 10.6. The summed E-state index contributed by atoms with van der Waals surface area (Å²) in [7, 11) is -1.35. The number of hydrogen-bond acceptors (Lipinski definition) is 5. The van der Waals surface area contributed by atoms with E-state index in [1.807, 2.05) is 18.2 Å². The van der Waals surface area contributed by atoms with Crippen molar-refractivity contribution in [2.45, 2.75) is 56.5 Å². The molecule has 1 atom stereocenters. The minimum Gasteiger partial charge on any atom is -0.480 e. The van der Waals surface area contributed by atoms with Crippen molar-refractivity contribution in [2.75, 3.05) is 0 Å². The summed E-state index contributed by atoms with van der Waals surface area (Å²) < 4.78 is 0. The highest BCUT2D eigenvalue weighted by Crippen LogP contribution is 2.38. The number of carbonyl (C=O) groups is 1. The second-order valence-corrected chi connectivity index (χ2v) is 8.38. The molecule has 3 rings (SSSR count). The largest absolute Gasteiger partial charge is 0.480 e. The third-order valence-corrected chi connectivity index (χ3v) is 6.22. The lowest BCUT2D eigenvalue weighted by Gasteiger charge is -2.45. The first kappa shape index (κ1) is 22.5. The maximum atomic E-state index is 11.8. The third kappa shape index (κ3) is 5.70. The number of nitrogens with two attached hydrogens (primary N) is 1. The molecule has 6 nitrogen and oxygen atoms in total. The van der Waals surface area contributed by atoms with E-state index < -0.39 is 18.6 Å². The summed E-state index contributed by atoms with van der Waals surface area (Å²) in [5, 5.41) is 31.0. The van der Waals surface area contributed by atoms with E-state index in [0.717, 1.165) is 19.4 Å². The summed E-state index contributed by atoms with van der Waals surface area (Å²) in [6, 6.07) is 19.0. The summed E-state index contributed by atoms with van der Waals surface area (Å²) in [5.41, 5.74) is 8.59. The molecule has 30 heavy (non-hydrogen) atoms. The van der Waals surface area contributed by atoms with Crippen LogP contribution in [0.1, 0.15) is 37.7 Å². The Bertz CT molecular complexity index is 810. The number of unbranched alkanes of at least 4 members (excludes halogenated alkanes) is 1. The van der Waals surface area contributed by atoms with Crippen molar-refractivity contribution >= 4 is 13.1 Å². The van der Waals surface area contributed by atoms with Gasteiger partial charge in [0.05, 0.1) is 0 Å². The van der Waals surface area contributed by atoms with Gasteiger partial charge >= 0.3 is 13.1 Å². The van der Waals surface area contributed by atoms with E-state index in [1.165, 1.54) is 16.7 Å². The van der Waals surface area contributed by atoms with Crippen LogP contribution in [0.25, 0.3) is 11.1 Å². The molecule has 2 aromatic carbocycles. The van der Waals surface area contributed by atoms with Gasteiger partial charge in [0.2, 0.25) is 0 Å². The summed E-state index contributed by atoms with van der Waals surface area (Å²) in [4.78, 5) is 11.8.